The lowest BCUT2D eigenvalue weighted by atomic mass is 10.1. The van der Waals surface area contributed by atoms with Crippen molar-refractivity contribution in [2.45, 2.75) is 33.2 Å². The molecule has 0 spiro atoms. The van der Waals surface area contributed by atoms with E-state index in [0.717, 1.165) is 28.4 Å². The molecule has 88 valence electrons. The van der Waals surface area contributed by atoms with E-state index in [9.17, 15) is 4.79 Å². The number of rotatable bonds is 4. The number of halogens is 1. The molecule has 1 rings (SSSR count). The van der Waals surface area contributed by atoms with Gasteiger partial charge in [0.15, 0.2) is 0 Å². The molecule has 1 N–H and O–H groups in total. The highest BCUT2D eigenvalue weighted by molar-refractivity contribution is 9.09. The summed E-state index contributed by atoms with van der Waals surface area (Å²) >= 11 is 3.39. The third-order valence-corrected chi connectivity index (χ3v) is 3.28. The Morgan fingerprint density at radius 3 is 2.31 bits per heavy atom. The molecule has 1 aromatic carbocycles. The van der Waals surface area contributed by atoms with Gasteiger partial charge in [0.1, 0.15) is 0 Å². The Balaban J connectivity index is 2.80. The Morgan fingerprint density at radius 1 is 1.31 bits per heavy atom. The molecule has 1 unspecified atom stereocenters. The van der Waals surface area contributed by atoms with Crippen molar-refractivity contribution in [1.29, 1.82) is 0 Å². The first-order valence-electron chi connectivity index (χ1n) is 5.52. The molecule has 1 atom stereocenters. The zero-order valence-electron chi connectivity index (χ0n) is 10.0. The molecule has 0 heterocycles. The van der Waals surface area contributed by atoms with Crippen LogP contribution in [0.4, 0.5) is 0 Å². The van der Waals surface area contributed by atoms with Crippen molar-refractivity contribution in [2.24, 2.45) is 0 Å². The molecule has 0 aliphatic heterocycles. The summed E-state index contributed by atoms with van der Waals surface area (Å²) in [6.07, 6.45) is 0.932. The smallest absolute Gasteiger partial charge is 0.251 e. The zero-order valence-corrected chi connectivity index (χ0v) is 11.6. The van der Waals surface area contributed by atoms with E-state index in [-0.39, 0.29) is 11.9 Å². The predicted molar refractivity (Wildman–Crippen MR) is 71.3 cm³/mol. The van der Waals surface area contributed by atoms with Gasteiger partial charge in [-0.05, 0) is 32.4 Å². The first-order chi connectivity index (χ1) is 7.56. The maximum atomic E-state index is 11.9. The monoisotopic (exact) mass is 283 g/mol. The number of aryl methyl sites for hydroxylation is 2. The zero-order chi connectivity index (χ0) is 12.1. The van der Waals surface area contributed by atoms with E-state index in [4.69, 9.17) is 0 Å². The Morgan fingerprint density at radius 2 is 1.88 bits per heavy atom. The molecule has 1 aromatic rings. The van der Waals surface area contributed by atoms with E-state index in [1.54, 1.807) is 0 Å². The molecule has 0 fully saturated rings. The first kappa shape index (κ1) is 13.2. The van der Waals surface area contributed by atoms with E-state index < -0.39 is 0 Å². The molecule has 1 amide bonds. The van der Waals surface area contributed by atoms with E-state index in [1.807, 2.05) is 26.0 Å². The molecule has 3 heteroatoms. The fraction of sp³-hybridized carbons (Fsp3) is 0.462. The lowest BCUT2D eigenvalue weighted by Crippen LogP contribution is -2.35. The Hall–Kier alpha value is -0.830. The molecular weight excluding hydrogens is 266 g/mol. The number of carbonyl (C=O) groups is 1. The van der Waals surface area contributed by atoms with Crippen molar-refractivity contribution in [1.82, 2.24) is 5.32 Å². The summed E-state index contributed by atoms with van der Waals surface area (Å²) in [5.74, 6) is 0.0121. The van der Waals surface area contributed by atoms with Crippen LogP contribution in [0, 0.1) is 13.8 Å². The Labute approximate surface area is 106 Å². The number of hydrogen-bond acceptors (Lipinski definition) is 1. The van der Waals surface area contributed by atoms with Gasteiger partial charge in [-0.1, -0.05) is 40.0 Å². The normalized spacial score (nSPS) is 12.2. The van der Waals surface area contributed by atoms with Gasteiger partial charge in [0.05, 0.1) is 0 Å². The van der Waals surface area contributed by atoms with Gasteiger partial charge >= 0.3 is 0 Å². The Bertz CT molecular complexity index is 352. The van der Waals surface area contributed by atoms with Gasteiger partial charge in [0, 0.05) is 16.9 Å². The summed E-state index contributed by atoms with van der Waals surface area (Å²) in [4.78, 5) is 11.9. The van der Waals surface area contributed by atoms with Gasteiger partial charge in [0.25, 0.3) is 5.91 Å². The minimum Gasteiger partial charge on any atom is -0.348 e. The van der Waals surface area contributed by atoms with Gasteiger partial charge < -0.3 is 5.32 Å². The lowest BCUT2D eigenvalue weighted by molar-refractivity contribution is 0.0940. The van der Waals surface area contributed by atoms with Gasteiger partial charge in [-0.15, -0.1) is 0 Å². The third-order valence-electron chi connectivity index (χ3n) is 2.50. The summed E-state index contributed by atoms with van der Waals surface area (Å²) < 4.78 is 0. The van der Waals surface area contributed by atoms with Crippen molar-refractivity contribution in [3.8, 4) is 0 Å². The van der Waals surface area contributed by atoms with E-state index in [2.05, 4.69) is 34.2 Å². The summed E-state index contributed by atoms with van der Waals surface area (Å²) in [5, 5.41) is 3.79. The van der Waals surface area contributed by atoms with E-state index in [1.165, 1.54) is 0 Å². The standard InChI is InChI=1S/C13H18BrNO/c1-4-12(8-14)15-13(16)11-6-9(2)5-10(3)7-11/h5-7,12H,4,8H2,1-3H3,(H,15,16). The lowest BCUT2D eigenvalue weighted by Gasteiger charge is -2.14. The van der Waals surface area contributed by atoms with Gasteiger partial charge in [0.2, 0.25) is 0 Å². The average Bonchev–Trinajstić information content (AvgIpc) is 2.24. The van der Waals surface area contributed by atoms with Gasteiger partial charge in [-0.25, -0.2) is 0 Å². The average molecular weight is 284 g/mol. The number of alkyl halides is 1. The van der Waals surface area contributed by atoms with Crippen LogP contribution in [0.5, 0.6) is 0 Å². The highest BCUT2D eigenvalue weighted by Crippen LogP contribution is 2.09. The summed E-state index contributed by atoms with van der Waals surface area (Å²) in [6, 6.07) is 6.11. The predicted octanol–water partition coefficient (Wildman–Crippen LogP) is 3.21. The Kier molecular flexibility index (Phi) is 5.00. The molecule has 0 aliphatic carbocycles. The quantitative estimate of drug-likeness (QED) is 0.845. The minimum atomic E-state index is 0.0121. The summed E-state index contributed by atoms with van der Waals surface area (Å²) in [5.41, 5.74) is 2.99. The van der Waals surface area contributed by atoms with Crippen LogP contribution in [0.2, 0.25) is 0 Å². The van der Waals surface area contributed by atoms with Crippen LogP contribution < -0.4 is 5.32 Å². The number of hydrogen-bond donors (Lipinski definition) is 1. The molecule has 0 saturated carbocycles. The van der Waals surface area contributed by atoms with Crippen LogP contribution in [0.25, 0.3) is 0 Å². The van der Waals surface area contributed by atoms with Crippen LogP contribution in [0.3, 0.4) is 0 Å². The summed E-state index contributed by atoms with van der Waals surface area (Å²) in [6.45, 7) is 6.07. The van der Waals surface area contributed by atoms with Crippen LogP contribution in [-0.4, -0.2) is 17.3 Å². The van der Waals surface area contributed by atoms with Gasteiger partial charge in [-0.3, -0.25) is 4.79 Å². The fourth-order valence-corrected chi connectivity index (χ4v) is 2.24. The van der Waals surface area contributed by atoms with Crippen molar-refractivity contribution in [3.05, 3.63) is 34.9 Å². The van der Waals surface area contributed by atoms with Gasteiger partial charge in [-0.2, -0.15) is 0 Å². The van der Waals surface area contributed by atoms with Crippen LogP contribution in [0.1, 0.15) is 34.8 Å². The van der Waals surface area contributed by atoms with Crippen molar-refractivity contribution >= 4 is 21.8 Å². The van der Waals surface area contributed by atoms with E-state index >= 15 is 0 Å². The van der Waals surface area contributed by atoms with Crippen molar-refractivity contribution in [3.63, 3.8) is 0 Å². The summed E-state index contributed by atoms with van der Waals surface area (Å²) in [7, 11) is 0. The van der Waals surface area contributed by atoms with Crippen LogP contribution in [0.15, 0.2) is 18.2 Å². The molecule has 0 aromatic heterocycles. The van der Waals surface area contributed by atoms with Crippen molar-refractivity contribution in [2.75, 3.05) is 5.33 Å². The SMILES string of the molecule is CCC(CBr)NC(=O)c1cc(C)cc(C)c1. The number of amides is 1. The highest BCUT2D eigenvalue weighted by Gasteiger charge is 2.11. The number of nitrogens with one attached hydrogen (secondary N) is 1. The second-order valence-corrected chi connectivity index (χ2v) is 4.76. The number of carbonyl (C=O) groups excluding carboxylic acids is 1. The van der Waals surface area contributed by atoms with Crippen LogP contribution in [-0.2, 0) is 0 Å². The van der Waals surface area contributed by atoms with Crippen molar-refractivity contribution < 1.29 is 4.79 Å². The molecular formula is C13H18BrNO. The highest BCUT2D eigenvalue weighted by atomic mass is 79.9. The second-order valence-electron chi connectivity index (χ2n) is 4.11. The molecule has 2 nitrogen and oxygen atoms in total. The largest absolute Gasteiger partial charge is 0.348 e. The molecule has 16 heavy (non-hydrogen) atoms. The minimum absolute atomic E-state index is 0.0121. The van der Waals surface area contributed by atoms with E-state index in [0.29, 0.717) is 0 Å². The number of benzene rings is 1. The second kappa shape index (κ2) is 6.04. The fourth-order valence-electron chi connectivity index (χ4n) is 1.62. The molecule has 0 saturated heterocycles. The first-order valence-corrected chi connectivity index (χ1v) is 6.64. The molecule has 0 bridgehead atoms. The van der Waals surface area contributed by atoms with Crippen LogP contribution >= 0.6 is 15.9 Å². The molecule has 0 aliphatic rings. The maximum absolute atomic E-state index is 11.9. The topological polar surface area (TPSA) is 29.1 Å². The molecule has 0 radical (unpaired) electrons. The maximum Gasteiger partial charge on any atom is 0.251 e. The third kappa shape index (κ3) is 3.63.